The second kappa shape index (κ2) is 5.70. The van der Waals surface area contributed by atoms with Crippen LogP contribution in [0.25, 0.3) is 5.82 Å². The van der Waals surface area contributed by atoms with E-state index in [-0.39, 0.29) is 22.4 Å². The Morgan fingerprint density at radius 3 is 2.54 bits per heavy atom. The van der Waals surface area contributed by atoms with Gasteiger partial charge in [-0.25, -0.2) is 18.1 Å². The second-order valence-electron chi connectivity index (χ2n) is 6.41. The van der Waals surface area contributed by atoms with E-state index in [9.17, 15) is 13.2 Å². The van der Waals surface area contributed by atoms with Crippen molar-refractivity contribution >= 4 is 15.7 Å². The molecule has 0 saturated carbocycles. The lowest BCUT2D eigenvalue weighted by molar-refractivity contribution is 0.0932. The molecule has 2 aliphatic heterocycles. The molecule has 2 bridgehead atoms. The number of carbonyl (C=O) groups excluding carboxylic acids is 1. The van der Waals surface area contributed by atoms with E-state index >= 15 is 0 Å². The van der Waals surface area contributed by atoms with Crippen molar-refractivity contribution in [2.75, 3.05) is 0 Å². The number of fused-ring (bicyclic) bond motifs is 2. The van der Waals surface area contributed by atoms with E-state index < -0.39 is 9.84 Å². The van der Waals surface area contributed by atoms with Crippen LogP contribution in [0, 0.1) is 0 Å². The predicted octanol–water partition coefficient (Wildman–Crippen LogP) is 1.11. The van der Waals surface area contributed by atoms with Crippen molar-refractivity contribution in [2.24, 2.45) is 0 Å². The van der Waals surface area contributed by atoms with Gasteiger partial charge in [0.15, 0.2) is 15.7 Å². The topological polar surface area (TPSA) is 94.0 Å². The number of aromatic nitrogens is 3. The van der Waals surface area contributed by atoms with Crippen molar-refractivity contribution in [2.45, 2.75) is 42.2 Å². The molecule has 0 radical (unpaired) electrons. The van der Waals surface area contributed by atoms with Crippen molar-refractivity contribution in [1.29, 1.82) is 0 Å². The first-order valence-corrected chi connectivity index (χ1v) is 9.64. The zero-order chi connectivity index (χ0) is 16.7. The van der Waals surface area contributed by atoms with Gasteiger partial charge >= 0.3 is 0 Å². The SMILES string of the molecule is O=C(NC1CC2CCC(C1)S2(=O)=O)c1ccc(-n2cccn2)nc1. The third-order valence-electron chi connectivity index (χ3n) is 4.92. The van der Waals surface area contributed by atoms with E-state index in [4.69, 9.17) is 0 Å². The first kappa shape index (κ1) is 15.3. The van der Waals surface area contributed by atoms with Gasteiger partial charge in [-0.2, -0.15) is 5.10 Å². The normalized spacial score (nSPS) is 27.8. The maximum Gasteiger partial charge on any atom is 0.253 e. The van der Waals surface area contributed by atoms with E-state index in [0.717, 1.165) is 12.8 Å². The van der Waals surface area contributed by atoms with Gasteiger partial charge in [0, 0.05) is 24.6 Å². The molecule has 126 valence electrons. The molecular formula is C16H18N4O3S. The van der Waals surface area contributed by atoms with Gasteiger partial charge < -0.3 is 5.32 Å². The molecule has 2 unspecified atom stereocenters. The highest BCUT2D eigenvalue weighted by Gasteiger charge is 2.47. The van der Waals surface area contributed by atoms with Gasteiger partial charge in [-0.3, -0.25) is 4.79 Å². The summed E-state index contributed by atoms with van der Waals surface area (Å²) >= 11 is 0. The number of nitrogens with zero attached hydrogens (tertiary/aromatic N) is 3. The minimum absolute atomic E-state index is 0.0793. The van der Waals surface area contributed by atoms with Crippen LogP contribution >= 0.6 is 0 Å². The Hall–Kier alpha value is -2.22. The molecule has 0 aliphatic carbocycles. The average Bonchev–Trinajstić information content (AvgIpc) is 3.12. The molecule has 1 amide bonds. The number of amides is 1. The fourth-order valence-corrected chi connectivity index (χ4v) is 6.13. The smallest absolute Gasteiger partial charge is 0.253 e. The van der Waals surface area contributed by atoms with Gasteiger partial charge in [0.1, 0.15) is 0 Å². The quantitative estimate of drug-likeness (QED) is 0.898. The van der Waals surface area contributed by atoms with Gasteiger partial charge in [0.2, 0.25) is 0 Å². The fourth-order valence-electron chi connectivity index (χ4n) is 3.65. The van der Waals surface area contributed by atoms with Crippen LogP contribution in [0.1, 0.15) is 36.0 Å². The molecule has 2 aromatic rings. The first-order chi connectivity index (χ1) is 11.5. The summed E-state index contributed by atoms with van der Waals surface area (Å²) in [7, 11) is -2.97. The van der Waals surface area contributed by atoms with Crippen LogP contribution in [-0.2, 0) is 9.84 Å². The first-order valence-electron chi connectivity index (χ1n) is 8.03. The van der Waals surface area contributed by atoms with E-state index in [1.54, 1.807) is 35.3 Å². The lowest BCUT2D eigenvalue weighted by Gasteiger charge is -2.28. The Morgan fingerprint density at radius 1 is 1.21 bits per heavy atom. The molecular weight excluding hydrogens is 328 g/mol. The fraction of sp³-hybridized carbons (Fsp3) is 0.438. The summed E-state index contributed by atoms with van der Waals surface area (Å²) in [4.78, 5) is 16.6. The van der Waals surface area contributed by atoms with Gasteiger partial charge in [0.05, 0.1) is 16.1 Å². The number of sulfone groups is 1. The lowest BCUT2D eigenvalue weighted by Crippen LogP contribution is -2.45. The highest BCUT2D eigenvalue weighted by Crippen LogP contribution is 2.38. The van der Waals surface area contributed by atoms with E-state index in [1.165, 1.54) is 6.20 Å². The third-order valence-corrected chi connectivity index (χ3v) is 7.63. The molecule has 24 heavy (non-hydrogen) atoms. The Morgan fingerprint density at radius 2 is 1.96 bits per heavy atom. The lowest BCUT2D eigenvalue weighted by atomic mass is 10.1. The van der Waals surface area contributed by atoms with Gasteiger partial charge in [-0.1, -0.05) is 0 Å². The monoisotopic (exact) mass is 346 g/mol. The van der Waals surface area contributed by atoms with Crippen LogP contribution in [0.4, 0.5) is 0 Å². The van der Waals surface area contributed by atoms with E-state index in [0.29, 0.717) is 24.2 Å². The standard InChI is InChI=1S/C16H18N4O3S/c21-16(11-2-5-15(17-10-11)20-7-1-6-18-20)19-12-8-13-3-4-14(9-12)24(13,22)23/h1-2,5-7,10,12-14H,3-4,8-9H2,(H,19,21). The van der Waals surface area contributed by atoms with Crippen molar-refractivity contribution in [1.82, 2.24) is 20.1 Å². The molecule has 2 aliphatic rings. The summed E-state index contributed by atoms with van der Waals surface area (Å²) in [6.45, 7) is 0. The molecule has 2 saturated heterocycles. The maximum atomic E-state index is 12.4. The van der Waals surface area contributed by atoms with Crippen LogP contribution in [0.5, 0.6) is 0 Å². The molecule has 2 atom stereocenters. The molecule has 8 heteroatoms. The highest BCUT2D eigenvalue weighted by atomic mass is 32.2. The number of hydrogen-bond donors (Lipinski definition) is 1. The highest BCUT2D eigenvalue weighted by molar-refractivity contribution is 7.93. The van der Waals surface area contributed by atoms with E-state index in [1.807, 2.05) is 0 Å². The number of carbonyl (C=O) groups is 1. The Balaban J connectivity index is 1.44. The molecule has 4 heterocycles. The maximum absolute atomic E-state index is 12.4. The molecule has 4 rings (SSSR count). The molecule has 0 aromatic carbocycles. The summed E-state index contributed by atoms with van der Waals surface area (Å²) in [5, 5.41) is 6.47. The Labute approximate surface area is 140 Å². The van der Waals surface area contributed by atoms with Crippen molar-refractivity contribution in [3.63, 3.8) is 0 Å². The largest absolute Gasteiger partial charge is 0.349 e. The summed E-state index contributed by atoms with van der Waals surface area (Å²) in [6.07, 6.45) is 7.43. The van der Waals surface area contributed by atoms with Crippen LogP contribution in [0.2, 0.25) is 0 Å². The summed E-state index contributed by atoms with van der Waals surface area (Å²) in [5.74, 6) is 0.427. The molecule has 2 fully saturated rings. The van der Waals surface area contributed by atoms with Crippen LogP contribution < -0.4 is 5.32 Å². The minimum Gasteiger partial charge on any atom is -0.349 e. The third kappa shape index (κ3) is 2.60. The van der Waals surface area contributed by atoms with Gasteiger partial charge in [0.25, 0.3) is 5.91 Å². The second-order valence-corrected chi connectivity index (χ2v) is 8.92. The van der Waals surface area contributed by atoms with Crippen LogP contribution in [0.15, 0.2) is 36.8 Å². The average molecular weight is 346 g/mol. The van der Waals surface area contributed by atoms with Gasteiger partial charge in [-0.15, -0.1) is 0 Å². The number of nitrogens with one attached hydrogen (secondary N) is 1. The predicted molar refractivity (Wildman–Crippen MR) is 87.6 cm³/mol. The number of hydrogen-bond acceptors (Lipinski definition) is 5. The minimum atomic E-state index is -2.97. The molecule has 1 N–H and O–H groups in total. The number of rotatable bonds is 3. The summed E-state index contributed by atoms with van der Waals surface area (Å²) < 4.78 is 25.8. The summed E-state index contributed by atoms with van der Waals surface area (Å²) in [5.41, 5.74) is 0.465. The summed E-state index contributed by atoms with van der Waals surface area (Å²) in [6, 6.07) is 5.15. The van der Waals surface area contributed by atoms with Crippen molar-refractivity contribution < 1.29 is 13.2 Å². The van der Waals surface area contributed by atoms with Crippen molar-refractivity contribution in [3.8, 4) is 5.82 Å². The Bertz CT molecular complexity index is 826. The molecule has 0 spiro atoms. The molecule has 7 nitrogen and oxygen atoms in total. The van der Waals surface area contributed by atoms with Gasteiger partial charge in [-0.05, 0) is 43.9 Å². The Kier molecular flexibility index (Phi) is 3.64. The number of pyridine rings is 1. The molecule has 2 aromatic heterocycles. The zero-order valence-corrected chi connectivity index (χ0v) is 13.8. The van der Waals surface area contributed by atoms with Crippen LogP contribution in [0.3, 0.4) is 0 Å². The van der Waals surface area contributed by atoms with Crippen molar-refractivity contribution in [3.05, 3.63) is 42.4 Å². The zero-order valence-electron chi connectivity index (χ0n) is 13.0. The van der Waals surface area contributed by atoms with E-state index in [2.05, 4.69) is 15.4 Å². The van der Waals surface area contributed by atoms with Crippen LogP contribution in [-0.4, -0.2) is 45.6 Å².